The van der Waals surface area contributed by atoms with Crippen molar-refractivity contribution in [3.63, 3.8) is 0 Å². The van der Waals surface area contributed by atoms with Crippen molar-refractivity contribution in [1.29, 1.82) is 0 Å². The molecule has 4 heteroatoms. The maximum Gasteiger partial charge on any atom is 0.414 e. The number of ether oxygens (including phenoxy) is 2. The Balaban J connectivity index is 2.02. The van der Waals surface area contributed by atoms with Gasteiger partial charge < -0.3 is 9.47 Å². The van der Waals surface area contributed by atoms with Crippen molar-refractivity contribution in [2.24, 2.45) is 0 Å². The molecule has 1 aliphatic rings. The molecular weight excluding hydrogens is 230 g/mol. The number of nitrogens with zero attached hydrogens (tertiary/aromatic N) is 1. The number of amides is 1. The largest absolute Gasteiger partial charge is 0.497 e. The molecule has 1 aromatic carbocycles. The Hall–Kier alpha value is -1.71. The number of hydrogen-bond acceptors (Lipinski definition) is 3. The van der Waals surface area contributed by atoms with Crippen LogP contribution in [0.15, 0.2) is 24.3 Å². The number of rotatable bonds is 5. The van der Waals surface area contributed by atoms with Gasteiger partial charge in [0, 0.05) is 5.69 Å². The molecule has 1 saturated heterocycles. The van der Waals surface area contributed by atoms with E-state index in [9.17, 15) is 4.79 Å². The highest BCUT2D eigenvalue weighted by Gasteiger charge is 2.31. The van der Waals surface area contributed by atoms with Gasteiger partial charge in [-0.05, 0) is 37.1 Å². The van der Waals surface area contributed by atoms with E-state index in [-0.39, 0.29) is 12.2 Å². The fourth-order valence-corrected chi connectivity index (χ4v) is 2.08. The summed E-state index contributed by atoms with van der Waals surface area (Å²) in [6.45, 7) is 2.78. The van der Waals surface area contributed by atoms with Gasteiger partial charge in [-0.1, -0.05) is 13.3 Å². The lowest BCUT2D eigenvalue weighted by Gasteiger charge is -2.13. The van der Waals surface area contributed by atoms with E-state index in [0.717, 1.165) is 30.7 Å². The van der Waals surface area contributed by atoms with Gasteiger partial charge in [-0.2, -0.15) is 0 Å². The lowest BCUT2D eigenvalue weighted by atomic mass is 10.1. The highest BCUT2D eigenvalue weighted by atomic mass is 16.6. The summed E-state index contributed by atoms with van der Waals surface area (Å²) < 4.78 is 10.4. The molecule has 1 unspecified atom stereocenters. The van der Waals surface area contributed by atoms with Crippen molar-refractivity contribution in [3.05, 3.63) is 24.3 Å². The normalized spacial score (nSPS) is 18.9. The average Bonchev–Trinajstić information content (AvgIpc) is 2.78. The van der Waals surface area contributed by atoms with Crippen LogP contribution in [0.5, 0.6) is 5.75 Å². The molecule has 0 N–H and O–H groups in total. The molecule has 0 aliphatic carbocycles. The van der Waals surface area contributed by atoms with Gasteiger partial charge in [-0.3, -0.25) is 4.90 Å². The van der Waals surface area contributed by atoms with Gasteiger partial charge in [-0.15, -0.1) is 0 Å². The molecule has 4 nitrogen and oxygen atoms in total. The van der Waals surface area contributed by atoms with Crippen molar-refractivity contribution >= 4 is 11.8 Å². The number of anilines is 1. The molecule has 1 fully saturated rings. The summed E-state index contributed by atoms with van der Waals surface area (Å²) in [5.74, 6) is 0.786. The first-order valence-corrected chi connectivity index (χ1v) is 6.36. The molecule has 1 aliphatic heterocycles. The molecule has 0 bridgehead atoms. The fraction of sp³-hybridized carbons (Fsp3) is 0.500. The minimum Gasteiger partial charge on any atom is -0.497 e. The molecule has 0 spiro atoms. The third kappa shape index (κ3) is 2.75. The monoisotopic (exact) mass is 249 g/mol. The van der Waals surface area contributed by atoms with Crippen LogP contribution in [-0.4, -0.2) is 25.9 Å². The predicted octanol–water partition coefficient (Wildman–Crippen LogP) is 3.21. The average molecular weight is 249 g/mol. The number of methoxy groups -OCH3 is 1. The Bertz CT molecular complexity index is 402. The molecule has 1 aromatic rings. The topological polar surface area (TPSA) is 38.8 Å². The maximum absolute atomic E-state index is 11.8. The first-order chi connectivity index (χ1) is 8.74. The molecule has 0 saturated carbocycles. The Labute approximate surface area is 107 Å². The van der Waals surface area contributed by atoms with Gasteiger partial charge >= 0.3 is 6.09 Å². The SMILES string of the molecule is CCCCC1CN(c2ccc(OC)cc2)C(=O)O1. The van der Waals surface area contributed by atoms with Crippen LogP contribution in [0.1, 0.15) is 26.2 Å². The quantitative estimate of drug-likeness (QED) is 0.804. The molecule has 1 amide bonds. The summed E-state index contributed by atoms with van der Waals surface area (Å²) >= 11 is 0. The van der Waals surface area contributed by atoms with Gasteiger partial charge in [0.15, 0.2) is 0 Å². The van der Waals surface area contributed by atoms with Gasteiger partial charge in [0.1, 0.15) is 11.9 Å². The molecule has 1 heterocycles. The van der Waals surface area contributed by atoms with E-state index in [0.29, 0.717) is 6.54 Å². The third-order valence-electron chi connectivity index (χ3n) is 3.14. The number of benzene rings is 1. The second-order valence-electron chi connectivity index (χ2n) is 4.46. The molecular formula is C14H19NO3. The second kappa shape index (κ2) is 5.76. The lowest BCUT2D eigenvalue weighted by molar-refractivity contribution is 0.135. The van der Waals surface area contributed by atoms with E-state index < -0.39 is 0 Å². The zero-order valence-electron chi connectivity index (χ0n) is 10.9. The lowest BCUT2D eigenvalue weighted by Crippen LogP contribution is -2.24. The predicted molar refractivity (Wildman–Crippen MR) is 70.1 cm³/mol. The van der Waals surface area contributed by atoms with Crippen LogP contribution in [0, 0.1) is 0 Å². The van der Waals surface area contributed by atoms with Gasteiger partial charge in [0.05, 0.1) is 13.7 Å². The van der Waals surface area contributed by atoms with Crippen LogP contribution in [-0.2, 0) is 4.74 Å². The Morgan fingerprint density at radius 2 is 2.11 bits per heavy atom. The Kier molecular flexibility index (Phi) is 4.07. The van der Waals surface area contributed by atoms with Crippen molar-refractivity contribution in [2.75, 3.05) is 18.6 Å². The zero-order valence-corrected chi connectivity index (χ0v) is 10.9. The van der Waals surface area contributed by atoms with Crippen molar-refractivity contribution in [3.8, 4) is 5.75 Å². The summed E-state index contributed by atoms with van der Waals surface area (Å²) in [4.78, 5) is 13.5. The summed E-state index contributed by atoms with van der Waals surface area (Å²) in [6, 6.07) is 7.45. The smallest absolute Gasteiger partial charge is 0.414 e. The van der Waals surface area contributed by atoms with Crippen molar-refractivity contribution in [1.82, 2.24) is 0 Å². The number of hydrogen-bond donors (Lipinski definition) is 0. The molecule has 0 radical (unpaired) electrons. The van der Waals surface area contributed by atoms with Crippen LogP contribution < -0.4 is 9.64 Å². The summed E-state index contributed by atoms with van der Waals surface area (Å²) in [7, 11) is 1.62. The summed E-state index contributed by atoms with van der Waals surface area (Å²) in [5, 5.41) is 0. The van der Waals surface area contributed by atoms with Crippen molar-refractivity contribution in [2.45, 2.75) is 32.3 Å². The summed E-state index contributed by atoms with van der Waals surface area (Å²) in [6.07, 6.45) is 2.93. The van der Waals surface area contributed by atoms with E-state index in [4.69, 9.17) is 9.47 Å². The third-order valence-corrected chi connectivity index (χ3v) is 3.14. The Morgan fingerprint density at radius 3 is 2.72 bits per heavy atom. The number of cyclic esters (lactones) is 1. The first-order valence-electron chi connectivity index (χ1n) is 6.36. The zero-order chi connectivity index (χ0) is 13.0. The van der Waals surface area contributed by atoms with E-state index >= 15 is 0 Å². The van der Waals surface area contributed by atoms with E-state index in [1.165, 1.54) is 0 Å². The highest BCUT2D eigenvalue weighted by molar-refractivity contribution is 5.89. The molecule has 98 valence electrons. The van der Waals surface area contributed by atoms with E-state index in [1.807, 2.05) is 24.3 Å². The van der Waals surface area contributed by atoms with E-state index in [2.05, 4.69) is 6.92 Å². The minimum atomic E-state index is -0.249. The first kappa shape index (κ1) is 12.7. The van der Waals surface area contributed by atoms with Crippen LogP contribution in [0.3, 0.4) is 0 Å². The van der Waals surface area contributed by atoms with Gasteiger partial charge in [0.25, 0.3) is 0 Å². The second-order valence-corrected chi connectivity index (χ2v) is 4.46. The van der Waals surface area contributed by atoms with Crippen LogP contribution >= 0.6 is 0 Å². The molecule has 18 heavy (non-hydrogen) atoms. The summed E-state index contributed by atoms with van der Waals surface area (Å²) in [5.41, 5.74) is 0.861. The molecule has 1 atom stereocenters. The van der Waals surface area contributed by atoms with Crippen molar-refractivity contribution < 1.29 is 14.3 Å². The number of carbonyl (C=O) groups is 1. The number of carbonyl (C=O) groups excluding carboxylic acids is 1. The number of unbranched alkanes of at least 4 members (excludes halogenated alkanes) is 1. The van der Waals surface area contributed by atoms with Crippen LogP contribution in [0.25, 0.3) is 0 Å². The van der Waals surface area contributed by atoms with Gasteiger partial charge in [-0.25, -0.2) is 4.79 Å². The molecule has 0 aromatic heterocycles. The van der Waals surface area contributed by atoms with E-state index in [1.54, 1.807) is 12.0 Å². The minimum absolute atomic E-state index is 0.0274. The van der Waals surface area contributed by atoms with Crippen LogP contribution in [0.4, 0.5) is 10.5 Å². The van der Waals surface area contributed by atoms with Gasteiger partial charge in [0.2, 0.25) is 0 Å². The fourth-order valence-electron chi connectivity index (χ4n) is 2.08. The Morgan fingerprint density at radius 1 is 1.39 bits per heavy atom. The van der Waals surface area contributed by atoms with Crippen LogP contribution in [0.2, 0.25) is 0 Å². The highest BCUT2D eigenvalue weighted by Crippen LogP contribution is 2.25. The standard InChI is InChI=1S/C14H19NO3/c1-3-4-5-13-10-15(14(16)18-13)11-6-8-12(17-2)9-7-11/h6-9,13H,3-5,10H2,1-2H3. The maximum atomic E-state index is 11.8. The molecule has 2 rings (SSSR count).